The lowest BCUT2D eigenvalue weighted by atomic mass is 10.0. The zero-order chi connectivity index (χ0) is 26.3. The molecular weight excluding hydrogens is 501 g/mol. The van der Waals surface area contributed by atoms with Gasteiger partial charge >= 0.3 is 0 Å². The van der Waals surface area contributed by atoms with E-state index in [0.29, 0.717) is 22.6 Å². The minimum atomic E-state index is -3.91. The monoisotopic (exact) mass is 523 g/mol. The molecule has 0 unspecified atom stereocenters. The molecule has 184 valence electrons. The second-order valence-corrected chi connectivity index (χ2v) is 10.7. The second kappa shape index (κ2) is 9.39. The fourth-order valence-electron chi connectivity index (χ4n) is 3.93. The van der Waals surface area contributed by atoms with Gasteiger partial charge in [0.2, 0.25) is 0 Å². The summed E-state index contributed by atoms with van der Waals surface area (Å²) in [6, 6.07) is 13.7. The van der Waals surface area contributed by atoms with Crippen LogP contribution in [0.5, 0.6) is 0 Å². The fraction of sp³-hybridized carbons (Fsp3) is 0.200. The van der Waals surface area contributed by atoms with Crippen molar-refractivity contribution in [3.8, 4) is 0 Å². The predicted octanol–water partition coefficient (Wildman–Crippen LogP) is 4.48. The highest BCUT2D eigenvalue weighted by Gasteiger charge is 2.50. The van der Waals surface area contributed by atoms with Crippen LogP contribution < -0.4 is 14.5 Å². The van der Waals surface area contributed by atoms with Crippen LogP contribution in [0.3, 0.4) is 0 Å². The van der Waals surface area contributed by atoms with E-state index in [1.807, 2.05) is 0 Å². The molecule has 8 nitrogen and oxygen atoms in total. The van der Waals surface area contributed by atoms with E-state index >= 15 is 4.39 Å². The van der Waals surface area contributed by atoms with E-state index in [2.05, 4.69) is 14.6 Å². The van der Waals surface area contributed by atoms with Crippen LogP contribution in [0.2, 0.25) is 0 Å². The molecule has 1 amide bonds. The number of thiocarbonyl (C=S) groups is 1. The quantitative estimate of drug-likeness (QED) is 0.379. The lowest BCUT2D eigenvalue weighted by Crippen LogP contribution is -2.44. The van der Waals surface area contributed by atoms with E-state index < -0.39 is 21.4 Å². The SMILES string of the molecule is [C-]#[N+]c1ccc(N2C(=O)C(C)(C)N(c3ccc(CNS(=O)(=O)c4ccccn4)c(F)c3)C2=S)cc1C. The molecule has 4 rings (SSSR count). The number of carbonyl (C=O) groups excluding carboxylic acids is 1. The molecule has 11 heteroatoms. The Morgan fingerprint density at radius 3 is 2.47 bits per heavy atom. The first-order valence-corrected chi connectivity index (χ1v) is 12.7. The van der Waals surface area contributed by atoms with Crippen molar-refractivity contribution in [1.29, 1.82) is 0 Å². The largest absolute Gasteiger partial charge is 0.303 e. The van der Waals surface area contributed by atoms with Crippen LogP contribution in [-0.4, -0.2) is 30.0 Å². The van der Waals surface area contributed by atoms with Crippen LogP contribution in [0.4, 0.5) is 21.5 Å². The molecule has 0 atom stereocenters. The van der Waals surface area contributed by atoms with Crippen molar-refractivity contribution in [2.75, 3.05) is 9.80 Å². The number of aryl methyl sites for hydroxylation is 1. The summed E-state index contributed by atoms with van der Waals surface area (Å²) in [5.74, 6) is -0.951. The molecular formula is C25H22FN5O3S2. The van der Waals surface area contributed by atoms with Crippen molar-refractivity contribution in [2.24, 2.45) is 0 Å². The predicted molar refractivity (Wildman–Crippen MR) is 139 cm³/mol. The van der Waals surface area contributed by atoms with Crippen molar-refractivity contribution < 1.29 is 17.6 Å². The molecule has 0 spiro atoms. The van der Waals surface area contributed by atoms with Gasteiger partial charge in [-0.05, 0) is 75.0 Å². The Balaban J connectivity index is 1.60. The molecule has 3 aromatic rings. The molecule has 2 aromatic carbocycles. The van der Waals surface area contributed by atoms with Crippen LogP contribution in [0.25, 0.3) is 4.85 Å². The Morgan fingerprint density at radius 2 is 1.86 bits per heavy atom. The van der Waals surface area contributed by atoms with Gasteiger partial charge < -0.3 is 4.90 Å². The van der Waals surface area contributed by atoms with Gasteiger partial charge in [0, 0.05) is 29.7 Å². The lowest BCUT2D eigenvalue weighted by molar-refractivity contribution is -0.120. The van der Waals surface area contributed by atoms with Gasteiger partial charge in [0.1, 0.15) is 11.4 Å². The first kappa shape index (κ1) is 25.4. The maximum absolute atomic E-state index is 15.1. The maximum Gasteiger partial charge on any atom is 0.259 e. The van der Waals surface area contributed by atoms with Gasteiger partial charge in [0.15, 0.2) is 15.8 Å². The summed E-state index contributed by atoms with van der Waals surface area (Å²) in [7, 11) is -3.91. The Labute approximate surface area is 214 Å². The van der Waals surface area contributed by atoms with Crippen molar-refractivity contribution in [3.05, 3.63) is 89.2 Å². The molecule has 2 heterocycles. The van der Waals surface area contributed by atoms with Crippen molar-refractivity contribution >= 4 is 50.3 Å². The van der Waals surface area contributed by atoms with E-state index in [1.54, 1.807) is 62.1 Å². The van der Waals surface area contributed by atoms with Gasteiger partial charge in [-0.1, -0.05) is 18.2 Å². The van der Waals surface area contributed by atoms with Crippen molar-refractivity contribution in [3.63, 3.8) is 0 Å². The fourth-order valence-corrected chi connectivity index (χ4v) is 5.40. The second-order valence-electron chi connectivity index (χ2n) is 8.67. The highest BCUT2D eigenvalue weighted by Crippen LogP contribution is 2.38. The summed E-state index contributed by atoms with van der Waals surface area (Å²) in [6.07, 6.45) is 1.36. The van der Waals surface area contributed by atoms with Crippen molar-refractivity contribution in [2.45, 2.75) is 37.9 Å². The summed E-state index contributed by atoms with van der Waals surface area (Å²) in [5, 5.41) is 0.00688. The molecule has 1 N–H and O–H groups in total. The van der Waals surface area contributed by atoms with Gasteiger partial charge in [-0.2, -0.15) is 0 Å². The summed E-state index contributed by atoms with van der Waals surface area (Å²) in [4.78, 5) is 23.5. The number of hydrogen-bond acceptors (Lipinski definition) is 5. The Bertz CT molecular complexity index is 1520. The minimum absolute atomic E-state index is 0.120. The zero-order valence-corrected chi connectivity index (χ0v) is 21.3. The number of amides is 1. The van der Waals surface area contributed by atoms with E-state index in [0.717, 1.165) is 0 Å². The van der Waals surface area contributed by atoms with Crippen LogP contribution in [0.1, 0.15) is 25.0 Å². The average molecular weight is 524 g/mol. The smallest absolute Gasteiger partial charge is 0.259 e. The summed E-state index contributed by atoms with van der Waals surface area (Å²) in [6.45, 7) is 12.1. The molecule has 36 heavy (non-hydrogen) atoms. The average Bonchev–Trinajstić information content (AvgIpc) is 3.02. The Kier molecular flexibility index (Phi) is 6.62. The first-order valence-electron chi connectivity index (χ1n) is 10.8. The van der Waals surface area contributed by atoms with Gasteiger partial charge in [0.05, 0.1) is 6.57 Å². The number of halogens is 1. The van der Waals surface area contributed by atoms with Gasteiger partial charge in [-0.25, -0.2) is 27.4 Å². The summed E-state index contributed by atoms with van der Waals surface area (Å²) >= 11 is 5.64. The van der Waals surface area contributed by atoms with E-state index in [4.69, 9.17) is 18.8 Å². The molecule has 0 saturated carbocycles. The molecule has 0 bridgehead atoms. The molecule has 0 radical (unpaired) electrons. The van der Waals surface area contributed by atoms with Crippen LogP contribution in [0, 0.1) is 19.3 Å². The topological polar surface area (TPSA) is 87.0 Å². The molecule has 1 aliphatic rings. The van der Waals surface area contributed by atoms with Crippen LogP contribution in [0.15, 0.2) is 65.8 Å². The molecule has 1 saturated heterocycles. The number of hydrogen-bond donors (Lipinski definition) is 1. The number of nitrogens with one attached hydrogen (secondary N) is 1. The number of sulfonamides is 1. The van der Waals surface area contributed by atoms with Gasteiger partial charge in [-0.3, -0.25) is 9.69 Å². The lowest BCUT2D eigenvalue weighted by Gasteiger charge is -2.29. The summed E-state index contributed by atoms with van der Waals surface area (Å²) in [5.41, 5.74) is 1.06. The molecule has 1 aliphatic heterocycles. The zero-order valence-electron chi connectivity index (χ0n) is 19.7. The third-order valence-corrected chi connectivity index (χ3v) is 7.57. The Morgan fingerprint density at radius 1 is 1.14 bits per heavy atom. The number of pyridine rings is 1. The van der Waals surface area contributed by atoms with Crippen LogP contribution >= 0.6 is 12.2 Å². The number of nitrogens with zero attached hydrogens (tertiary/aromatic N) is 4. The third-order valence-electron chi connectivity index (χ3n) is 5.89. The number of aromatic nitrogens is 1. The first-order chi connectivity index (χ1) is 17.0. The van der Waals surface area contributed by atoms with Crippen LogP contribution in [-0.2, 0) is 21.4 Å². The minimum Gasteiger partial charge on any atom is -0.303 e. The molecule has 1 fully saturated rings. The Hall–Kier alpha value is -3.72. The molecule has 1 aromatic heterocycles. The number of carbonyl (C=O) groups is 1. The standard InChI is InChI=1S/C25H22FN5O3S2/c1-16-13-18(10-11-21(16)27-4)30-23(32)25(2,3)31(24(30)35)19-9-8-17(20(26)14-19)15-29-36(33,34)22-7-5-6-12-28-22/h5-14,29H,15H2,1-3H3. The third kappa shape index (κ3) is 4.46. The van der Waals surface area contributed by atoms with E-state index in [-0.39, 0.29) is 28.2 Å². The highest BCUT2D eigenvalue weighted by molar-refractivity contribution is 7.89. The normalized spacial score (nSPS) is 15.3. The molecule has 0 aliphatic carbocycles. The van der Waals surface area contributed by atoms with Crippen molar-refractivity contribution in [1.82, 2.24) is 9.71 Å². The number of benzene rings is 2. The number of anilines is 2. The maximum atomic E-state index is 15.1. The van der Waals surface area contributed by atoms with Gasteiger partial charge in [0.25, 0.3) is 15.9 Å². The highest BCUT2D eigenvalue weighted by atomic mass is 32.2. The number of rotatable bonds is 6. The van der Waals surface area contributed by atoms with E-state index in [9.17, 15) is 13.2 Å². The van der Waals surface area contributed by atoms with E-state index in [1.165, 1.54) is 29.3 Å². The summed E-state index contributed by atoms with van der Waals surface area (Å²) < 4.78 is 42.2. The van der Waals surface area contributed by atoms with Gasteiger partial charge in [-0.15, -0.1) is 0 Å².